The standard InChI is InChI=1S/C19H26N6/c1-11-5-4-6-16(20-11)17-23-18(21-12(2)14-7-8-14)25-19(24-17)22-13(3)15-9-10-15/h4-6,12-15H,7-10H2,1-3H3,(H2,21,22,23,24,25)/t12-,13?/m1/s1. The average Bonchev–Trinajstić information content (AvgIpc) is 3.48. The third kappa shape index (κ3) is 4.06. The van der Waals surface area contributed by atoms with Crippen LogP contribution < -0.4 is 10.6 Å². The zero-order valence-electron chi connectivity index (χ0n) is 15.2. The minimum atomic E-state index is 0.384. The van der Waals surface area contributed by atoms with Gasteiger partial charge in [0, 0.05) is 17.8 Å². The van der Waals surface area contributed by atoms with Gasteiger partial charge in [-0.05, 0) is 70.4 Å². The smallest absolute Gasteiger partial charge is 0.228 e. The molecule has 2 aliphatic rings. The van der Waals surface area contributed by atoms with Gasteiger partial charge in [0.05, 0.1) is 0 Å². The van der Waals surface area contributed by atoms with Crippen molar-refractivity contribution in [3.63, 3.8) is 0 Å². The lowest BCUT2D eigenvalue weighted by atomic mass is 10.2. The van der Waals surface area contributed by atoms with Gasteiger partial charge in [-0.3, -0.25) is 0 Å². The predicted molar refractivity (Wildman–Crippen MR) is 99.4 cm³/mol. The van der Waals surface area contributed by atoms with Gasteiger partial charge in [-0.1, -0.05) is 6.07 Å². The number of hydrogen-bond donors (Lipinski definition) is 2. The second kappa shape index (κ2) is 6.58. The molecule has 1 unspecified atom stereocenters. The third-order valence-electron chi connectivity index (χ3n) is 5.12. The first-order chi connectivity index (χ1) is 12.1. The van der Waals surface area contributed by atoms with Crippen LogP contribution in [0.1, 0.15) is 45.2 Å². The van der Waals surface area contributed by atoms with Crippen LogP contribution in [-0.4, -0.2) is 32.0 Å². The van der Waals surface area contributed by atoms with Gasteiger partial charge < -0.3 is 10.6 Å². The highest BCUT2D eigenvalue weighted by molar-refractivity contribution is 5.54. The van der Waals surface area contributed by atoms with Crippen molar-refractivity contribution in [3.05, 3.63) is 23.9 Å². The van der Waals surface area contributed by atoms with Gasteiger partial charge in [-0.25, -0.2) is 4.98 Å². The molecule has 2 aliphatic carbocycles. The van der Waals surface area contributed by atoms with Crippen molar-refractivity contribution < 1.29 is 0 Å². The maximum atomic E-state index is 4.63. The van der Waals surface area contributed by atoms with E-state index in [2.05, 4.69) is 44.4 Å². The highest BCUT2D eigenvalue weighted by atomic mass is 15.2. The first-order valence-corrected chi connectivity index (χ1v) is 9.31. The Labute approximate surface area is 148 Å². The lowest BCUT2D eigenvalue weighted by Gasteiger charge is -2.17. The highest BCUT2D eigenvalue weighted by Gasteiger charge is 2.30. The van der Waals surface area contributed by atoms with Gasteiger partial charge in [0.15, 0.2) is 5.82 Å². The molecule has 6 heteroatoms. The Balaban J connectivity index is 1.63. The van der Waals surface area contributed by atoms with E-state index < -0.39 is 0 Å². The molecule has 0 bridgehead atoms. The summed E-state index contributed by atoms with van der Waals surface area (Å²) >= 11 is 0. The van der Waals surface area contributed by atoms with Crippen molar-refractivity contribution >= 4 is 11.9 Å². The Morgan fingerprint density at radius 1 is 0.840 bits per heavy atom. The third-order valence-corrected chi connectivity index (χ3v) is 5.12. The largest absolute Gasteiger partial charge is 0.351 e. The first-order valence-electron chi connectivity index (χ1n) is 9.31. The van der Waals surface area contributed by atoms with Crippen LogP contribution in [0.25, 0.3) is 11.5 Å². The van der Waals surface area contributed by atoms with E-state index in [1.807, 2.05) is 25.1 Å². The summed E-state index contributed by atoms with van der Waals surface area (Å²) in [5.41, 5.74) is 1.74. The van der Waals surface area contributed by atoms with E-state index in [9.17, 15) is 0 Å². The van der Waals surface area contributed by atoms with Crippen LogP contribution in [0.2, 0.25) is 0 Å². The maximum Gasteiger partial charge on any atom is 0.228 e. The second-order valence-electron chi connectivity index (χ2n) is 7.51. The van der Waals surface area contributed by atoms with E-state index in [1.54, 1.807) is 0 Å². The summed E-state index contributed by atoms with van der Waals surface area (Å²) in [7, 11) is 0. The van der Waals surface area contributed by atoms with Gasteiger partial charge in [0.2, 0.25) is 11.9 Å². The maximum absolute atomic E-state index is 4.63. The van der Waals surface area contributed by atoms with Crippen molar-refractivity contribution in [2.24, 2.45) is 11.8 Å². The van der Waals surface area contributed by atoms with E-state index in [0.29, 0.717) is 29.8 Å². The zero-order chi connectivity index (χ0) is 17.4. The number of aromatic nitrogens is 4. The summed E-state index contributed by atoms with van der Waals surface area (Å²) in [5.74, 6) is 3.37. The van der Waals surface area contributed by atoms with Crippen LogP contribution in [0.15, 0.2) is 18.2 Å². The number of anilines is 2. The predicted octanol–water partition coefficient (Wildman–Crippen LogP) is 3.66. The molecule has 25 heavy (non-hydrogen) atoms. The Hall–Kier alpha value is -2.24. The molecule has 2 atom stereocenters. The molecule has 6 nitrogen and oxygen atoms in total. The van der Waals surface area contributed by atoms with Gasteiger partial charge >= 0.3 is 0 Å². The van der Waals surface area contributed by atoms with Crippen LogP contribution in [0.5, 0.6) is 0 Å². The number of hydrogen-bond acceptors (Lipinski definition) is 6. The summed E-state index contributed by atoms with van der Waals surface area (Å²) in [6, 6.07) is 6.68. The van der Waals surface area contributed by atoms with Crippen molar-refractivity contribution in [2.75, 3.05) is 10.6 Å². The van der Waals surface area contributed by atoms with Crippen LogP contribution in [0.4, 0.5) is 11.9 Å². The number of pyridine rings is 1. The fourth-order valence-electron chi connectivity index (χ4n) is 3.12. The molecule has 0 aromatic carbocycles. The van der Waals surface area contributed by atoms with Gasteiger partial charge in [0.1, 0.15) is 5.69 Å². The number of nitrogens with zero attached hydrogens (tertiary/aromatic N) is 4. The minimum Gasteiger partial charge on any atom is -0.351 e. The van der Waals surface area contributed by atoms with Crippen LogP contribution in [-0.2, 0) is 0 Å². The molecule has 0 spiro atoms. The molecule has 0 radical (unpaired) electrons. The minimum absolute atomic E-state index is 0.384. The molecule has 2 heterocycles. The van der Waals surface area contributed by atoms with Gasteiger partial charge in [-0.15, -0.1) is 0 Å². The quantitative estimate of drug-likeness (QED) is 0.802. The Kier molecular flexibility index (Phi) is 4.27. The molecular formula is C19H26N6. The summed E-state index contributed by atoms with van der Waals surface area (Å²) in [5, 5.41) is 6.91. The van der Waals surface area contributed by atoms with E-state index in [0.717, 1.165) is 23.2 Å². The lowest BCUT2D eigenvalue weighted by Crippen LogP contribution is -2.23. The summed E-state index contributed by atoms with van der Waals surface area (Å²) < 4.78 is 0. The molecule has 0 amide bonds. The van der Waals surface area contributed by atoms with E-state index >= 15 is 0 Å². The van der Waals surface area contributed by atoms with Crippen LogP contribution >= 0.6 is 0 Å². The second-order valence-corrected chi connectivity index (χ2v) is 7.51. The Morgan fingerprint density at radius 2 is 1.40 bits per heavy atom. The van der Waals surface area contributed by atoms with E-state index in [-0.39, 0.29) is 0 Å². The molecule has 2 aromatic heterocycles. The van der Waals surface area contributed by atoms with Gasteiger partial charge in [-0.2, -0.15) is 15.0 Å². The number of aryl methyl sites for hydroxylation is 1. The normalized spacial score (nSPS) is 19.3. The molecule has 2 aromatic rings. The van der Waals surface area contributed by atoms with Crippen molar-refractivity contribution in [1.82, 2.24) is 19.9 Å². The van der Waals surface area contributed by atoms with Crippen molar-refractivity contribution in [3.8, 4) is 11.5 Å². The molecule has 0 saturated heterocycles. The molecular weight excluding hydrogens is 312 g/mol. The van der Waals surface area contributed by atoms with E-state index in [4.69, 9.17) is 0 Å². The monoisotopic (exact) mass is 338 g/mol. The molecule has 2 N–H and O–H groups in total. The lowest BCUT2D eigenvalue weighted by molar-refractivity contribution is 0.676. The summed E-state index contributed by atoms with van der Waals surface area (Å²) in [4.78, 5) is 18.4. The van der Waals surface area contributed by atoms with Crippen LogP contribution in [0, 0.1) is 18.8 Å². The topological polar surface area (TPSA) is 75.6 Å². The number of rotatable bonds is 7. The van der Waals surface area contributed by atoms with Crippen molar-refractivity contribution in [1.29, 1.82) is 0 Å². The molecule has 2 saturated carbocycles. The van der Waals surface area contributed by atoms with Crippen molar-refractivity contribution in [2.45, 2.75) is 58.5 Å². The SMILES string of the molecule is Cc1cccc(-c2nc(NC(C)C3CC3)nc(N[C@H](C)C3CC3)n2)n1. The van der Waals surface area contributed by atoms with E-state index in [1.165, 1.54) is 25.7 Å². The summed E-state index contributed by atoms with van der Waals surface area (Å²) in [6.07, 6.45) is 5.15. The average molecular weight is 338 g/mol. The molecule has 0 aliphatic heterocycles. The first kappa shape index (κ1) is 16.2. The van der Waals surface area contributed by atoms with Crippen LogP contribution in [0.3, 0.4) is 0 Å². The highest BCUT2D eigenvalue weighted by Crippen LogP contribution is 2.35. The number of nitrogens with one attached hydrogen (secondary N) is 2. The zero-order valence-corrected chi connectivity index (χ0v) is 15.2. The Morgan fingerprint density at radius 3 is 1.88 bits per heavy atom. The Bertz CT molecular complexity index is 715. The molecule has 2 fully saturated rings. The van der Waals surface area contributed by atoms with Gasteiger partial charge in [0.25, 0.3) is 0 Å². The fraction of sp³-hybridized carbons (Fsp3) is 0.579. The molecule has 4 rings (SSSR count). The summed E-state index contributed by atoms with van der Waals surface area (Å²) in [6.45, 7) is 6.38. The fourth-order valence-corrected chi connectivity index (χ4v) is 3.12. The molecule has 132 valence electrons.